The topological polar surface area (TPSA) is 68.0 Å². The molecule has 0 aliphatic rings. The molecule has 2 aromatic rings. The Morgan fingerprint density at radius 1 is 1.25 bits per heavy atom. The molecule has 2 rings (SSSR count). The normalized spacial score (nSPS) is 11.7. The first-order valence-electron chi connectivity index (χ1n) is 5.87. The van der Waals surface area contributed by atoms with Crippen LogP contribution in [0.4, 0.5) is 0 Å². The summed E-state index contributed by atoms with van der Waals surface area (Å²) in [6.07, 6.45) is 0. The fourth-order valence-electron chi connectivity index (χ4n) is 1.74. The fraction of sp³-hybridized carbons (Fsp3) is 0.308. The van der Waals surface area contributed by atoms with Gasteiger partial charge >= 0.3 is 5.97 Å². The minimum Gasteiger partial charge on any atom is -0.475 e. The molecule has 20 heavy (non-hydrogen) atoms. The molecule has 0 saturated carbocycles. The maximum atomic E-state index is 11.1. The molecular weight excluding hydrogens is 390 g/mol. The van der Waals surface area contributed by atoms with Crippen LogP contribution in [0.15, 0.2) is 27.1 Å². The largest absolute Gasteiger partial charge is 0.475 e. The molecule has 0 saturated heterocycles. The van der Waals surface area contributed by atoms with Crippen molar-refractivity contribution in [2.24, 2.45) is 0 Å². The predicted octanol–water partition coefficient (Wildman–Crippen LogP) is 3.79. The second-order valence-corrected chi connectivity index (χ2v) is 7.00. The Balaban J connectivity index is 2.76. The van der Waals surface area contributed by atoms with E-state index in [4.69, 9.17) is 5.11 Å². The lowest BCUT2D eigenvalue weighted by atomic mass is 9.95. The van der Waals surface area contributed by atoms with Crippen molar-refractivity contribution in [2.75, 3.05) is 0 Å². The van der Waals surface area contributed by atoms with Crippen LogP contribution >= 0.6 is 31.9 Å². The number of aromatic carboxylic acids is 1. The van der Waals surface area contributed by atoms with Gasteiger partial charge in [-0.1, -0.05) is 26.8 Å². The second kappa shape index (κ2) is 5.29. The maximum absolute atomic E-state index is 11.1. The number of carbonyl (C=O) groups is 1. The van der Waals surface area contributed by atoms with Crippen LogP contribution < -0.4 is 0 Å². The Morgan fingerprint density at radius 2 is 1.80 bits per heavy atom. The Kier molecular flexibility index (Phi) is 4.02. The zero-order valence-corrected chi connectivity index (χ0v) is 14.4. The van der Waals surface area contributed by atoms with E-state index in [2.05, 4.69) is 41.9 Å². The van der Waals surface area contributed by atoms with E-state index in [1.807, 2.05) is 39.0 Å². The molecule has 0 radical (unpaired) electrons. The number of benzene rings is 1. The number of nitrogens with zero attached hydrogens (tertiary/aromatic N) is 3. The number of halogens is 2. The molecule has 1 heterocycles. The second-order valence-electron chi connectivity index (χ2n) is 5.30. The van der Waals surface area contributed by atoms with Crippen molar-refractivity contribution in [1.82, 2.24) is 14.8 Å². The van der Waals surface area contributed by atoms with E-state index < -0.39 is 5.97 Å². The van der Waals surface area contributed by atoms with E-state index in [1.54, 1.807) is 4.68 Å². The molecule has 0 atom stereocenters. The molecule has 1 aromatic heterocycles. The van der Waals surface area contributed by atoms with E-state index in [0.29, 0.717) is 5.82 Å². The summed E-state index contributed by atoms with van der Waals surface area (Å²) in [6, 6.07) is 5.62. The van der Waals surface area contributed by atoms with Crippen LogP contribution in [0.5, 0.6) is 0 Å². The highest BCUT2D eigenvalue weighted by Crippen LogP contribution is 2.32. The lowest BCUT2D eigenvalue weighted by Gasteiger charge is -2.19. The van der Waals surface area contributed by atoms with Crippen molar-refractivity contribution in [3.63, 3.8) is 0 Å². The monoisotopic (exact) mass is 401 g/mol. The molecule has 0 amide bonds. The van der Waals surface area contributed by atoms with Gasteiger partial charge in [0.1, 0.15) is 5.82 Å². The number of aromatic nitrogens is 3. The van der Waals surface area contributed by atoms with Gasteiger partial charge in [-0.2, -0.15) is 0 Å². The SMILES string of the molecule is CC(C)(C)c1nc(C(=O)O)nn1-c1c(Br)cccc1Br. The fourth-order valence-corrected chi connectivity index (χ4v) is 3.07. The predicted molar refractivity (Wildman–Crippen MR) is 82.4 cm³/mol. The molecule has 0 fully saturated rings. The van der Waals surface area contributed by atoms with Crippen LogP contribution in [0.2, 0.25) is 0 Å². The number of rotatable bonds is 2. The van der Waals surface area contributed by atoms with Gasteiger partial charge in [-0.05, 0) is 44.0 Å². The van der Waals surface area contributed by atoms with Crippen LogP contribution in [-0.4, -0.2) is 25.8 Å². The minimum absolute atomic E-state index is 0.211. The quantitative estimate of drug-likeness (QED) is 0.829. The summed E-state index contributed by atoms with van der Waals surface area (Å²) in [5.41, 5.74) is 0.396. The number of hydrogen-bond donors (Lipinski definition) is 1. The molecule has 0 aliphatic heterocycles. The number of carboxylic acid groups (broad SMARTS) is 1. The van der Waals surface area contributed by atoms with Gasteiger partial charge in [0.25, 0.3) is 5.82 Å². The van der Waals surface area contributed by atoms with E-state index >= 15 is 0 Å². The third-order valence-electron chi connectivity index (χ3n) is 2.62. The van der Waals surface area contributed by atoms with Crippen LogP contribution in [0.25, 0.3) is 5.69 Å². The maximum Gasteiger partial charge on any atom is 0.375 e. The molecular formula is C13H13Br2N3O2. The molecule has 1 aromatic carbocycles. The van der Waals surface area contributed by atoms with Crippen LogP contribution in [0.3, 0.4) is 0 Å². The van der Waals surface area contributed by atoms with Gasteiger partial charge in [0.05, 0.1) is 5.69 Å². The minimum atomic E-state index is -1.14. The Hall–Kier alpha value is -1.21. The lowest BCUT2D eigenvalue weighted by molar-refractivity contribution is 0.0683. The molecule has 106 valence electrons. The number of para-hydroxylation sites is 1. The Labute approximate surface area is 133 Å². The van der Waals surface area contributed by atoms with Gasteiger partial charge in [-0.25, -0.2) is 14.5 Å². The highest BCUT2D eigenvalue weighted by Gasteiger charge is 2.27. The van der Waals surface area contributed by atoms with Crippen molar-refractivity contribution >= 4 is 37.8 Å². The van der Waals surface area contributed by atoms with Gasteiger partial charge in [0, 0.05) is 14.4 Å². The Bertz CT molecular complexity index is 654. The average Bonchev–Trinajstić information content (AvgIpc) is 2.73. The van der Waals surface area contributed by atoms with Crippen molar-refractivity contribution in [3.05, 3.63) is 38.8 Å². The van der Waals surface area contributed by atoms with Crippen LogP contribution in [0.1, 0.15) is 37.2 Å². The highest BCUT2D eigenvalue weighted by atomic mass is 79.9. The smallest absolute Gasteiger partial charge is 0.375 e. The first-order valence-corrected chi connectivity index (χ1v) is 7.45. The molecule has 7 heteroatoms. The molecule has 1 N–H and O–H groups in total. The summed E-state index contributed by atoms with van der Waals surface area (Å²) in [6.45, 7) is 5.89. The van der Waals surface area contributed by atoms with Gasteiger partial charge < -0.3 is 5.11 Å². The molecule has 0 aliphatic carbocycles. The summed E-state index contributed by atoms with van der Waals surface area (Å²) in [5, 5.41) is 13.2. The first kappa shape index (κ1) is 15.2. The van der Waals surface area contributed by atoms with E-state index in [1.165, 1.54) is 0 Å². The van der Waals surface area contributed by atoms with Gasteiger partial charge in [-0.15, -0.1) is 5.10 Å². The van der Waals surface area contributed by atoms with E-state index in [9.17, 15) is 4.79 Å². The molecule has 0 spiro atoms. The number of hydrogen-bond acceptors (Lipinski definition) is 3. The van der Waals surface area contributed by atoms with E-state index in [0.717, 1.165) is 14.6 Å². The van der Waals surface area contributed by atoms with Crippen molar-refractivity contribution in [3.8, 4) is 5.69 Å². The summed E-state index contributed by atoms with van der Waals surface area (Å²) < 4.78 is 3.18. The molecule has 0 bridgehead atoms. The summed E-state index contributed by atoms with van der Waals surface area (Å²) in [4.78, 5) is 15.3. The van der Waals surface area contributed by atoms with Gasteiger partial charge in [0.2, 0.25) is 0 Å². The summed E-state index contributed by atoms with van der Waals surface area (Å²) in [7, 11) is 0. The van der Waals surface area contributed by atoms with Crippen molar-refractivity contribution in [2.45, 2.75) is 26.2 Å². The number of carboxylic acids is 1. The molecule has 0 unspecified atom stereocenters. The molecule has 5 nitrogen and oxygen atoms in total. The Morgan fingerprint density at radius 3 is 2.25 bits per heavy atom. The van der Waals surface area contributed by atoms with Gasteiger partial charge in [-0.3, -0.25) is 0 Å². The third-order valence-corrected chi connectivity index (χ3v) is 3.90. The van der Waals surface area contributed by atoms with Crippen molar-refractivity contribution in [1.29, 1.82) is 0 Å². The van der Waals surface area contributed by atoms with E-state index in [-0.39, 0.29) is 11.2 Å². The zero-order valence-electron chi connectivity index (χ0n) is 11.2. The summed E-state index contributed by atoms with van der Waals surface area (Å²) >= 11 is 6.93. The summed E-state index contributed by atoms with van der Waals surface area (Å²) in [5.74, 6) is -0.766. The van der Waals surface area contributed by atoms with Gasteiger partial charge in [0.15, 0.2) is 0 Å². The first-order chi connectivity index (χ1) is 9.21. The third kappa shape index (κ3) is 2.78. The van der Waals surface area contributed by atoms with Crippen LogP contribution in [-0.2, 0) is 5.41 Å². The zero-order chi connectivity index (χ0) is 15.1. The van der Waals surface area contributed by atoms with Crippen molar-refractivity contribution < 1.29 is 9.90 Å². The highest BCUT2D eigenvalue weighted by molar-refractivity contribution is 9.11. The standard InChI is InChI=1S/C13H13Br2N3O2/c1-13(2,3)12-16-10(11(19)20)17-18(12)9-7(14)5-4-6-8(9)15/h4-6H,1-3H3,(H,19,20). The average molecular weight is 403 g/mol. The lowest BCUT2D eigenvalue weighted by Crippen LogP contribution is -2.19. The van der Waals surface area contributed by atoms with Crippen LogP contribution in [0, 0.1) is 0 Å².